The average Bonchev–Trinajstić information content (AvgIpc) is 2.55. The molecule has 0 fully saturated rings. The molecule has 2 aromatic carbocycles. The van der Waals surface area contributed by atoms with E-state index in [4.69, 9.17) is 5.73 Å². The smallest absolute Gasteiger partial charge is 0.251 e. The molecule has 0 aliphatic carbocycles. The number of nitrogens with two attached hydrogens (primary N) is 1. The maximum absolute atomic E-state index is 12.0. The molecule has 4 heteroatoms. The fourth-order valence-corrected chi connectivity index (χ4v) is 2.55. The van der Waals surface area contributed by atoms with Gasteiger partial charge in [0, 0.05) is 17.6 Å². The van der Waals surface area contributed by atoms with Crippen LogP contribution in [0.3, 0.4) is 0 Å². The lowest BCUT2D eigenvalue weighted by atomic mass is 10.1. The van der Waals surface area contributed by atoms with Crippen molar-refractivity contribution in [1.29, 1.82) is 0 Å². The number of carbonyl (C=O) groups excluding carboxylic acids is 1. The summed E-state index contributed by atoms with van der Waals surface area (Å²) in [6, 6.07) is 16.2. The topological polar surface area (TPSA) is 67.2 Å². The van der Waals surface area contributed by atoms with E-state index < -0.39 is 0 Å². The summed E-state index contributed by atoms with van der Waals surface area (Å²) < 4.78 is 0. The number of nitrogen functional groups attached to an aromatic ring is 1. The van der Waals surface area contributed by atoms with Gasteiger partial charge in [0.05, 0.1) is 11.4 Å². The minimum Gasteiger partial charge on any atom is -0.397 e. The third kappa shape index (κ3) is 5.30. The molecule has 0 unspecified atom stereocenters. The number of benzene rings is 2. The highest BCUT2D eigenvalue weighted by Gasteiger charge is 2.10. The summed E-state index contributed by atoms with van der Waals surface area (Å²) in [6.45, 7) is 6.01. The molecule has 2 aromatic rings. The summed E-state index contributed by atoms with van der Waals surface area (Å²) >= 11 is 0. The molecule has 0 heterocycles. The zero-order valence-corrected chi connectivity index (χ0v) is 14.7. The number of rotatable bonds is 7. The Kier molecular flexibility index (Phi) is 6.24. The third-order valence-corrected chi connectivity index (χ3v) is 3.84. The first-order valence-corrected chi connectivity index (χ1v) is 8.46. The van der Waals surface area contributed by atoms with Gasteiger partial charge in [-0.1, -0.05) is 30.3 Å². The van der Waals surface area contributed by atoms with E-state index in [0.29, 0.717) is 17.3 Å². The average molecular weight is 325 g/mol. The molecule has 0 aliphatic heterocycles. The molecule has 0 saturated heterocycles. The van der Waals surface area contributed by atoms with Gasteiger partial charge in [0.1, 0.15) is 0 Å². The van der Waals surface area contributed by atoms with Crippen molar-refractivity contribution < 1.29 is 4.79 Å². The molecule has 0 aliphatic rings. The largest absolute Gasteiger partial charge is 0.397 e. The first-order valence-electron chi connectivity index (χ1n) is 8.46. The normalized spacial score (nSPS) is 12.0. The molecule has 2 rings (SSSR count). The van der Waals surface area contributed by atoms with Crippen LogP contribution in [0, 0.1) is 0 Å². The predicted molar refractivity (Wildman–Crippen MR) is 101 cm³/mol. The highest BCUT2D eigenvalue weighted by molar-refractivity contribution is 5.96. The van der Waals surface area contributed by atoms with Crippen molar-refractivity contribution in [2.24, 2.45) is 0 Å². The first kappa shape index (κ1) is 17.9. The Bertz CT molecular complexity index is 668. The summed E-state index contributed by atoms with van der Waals surface area (Å²) in [6.07, 6.45) is 2.03. The summed E-state index contributed by atoms with van der Waals surface area (Å²) in [5.74, 6) is -0.0969. The van der Waals surface area contributed by atoms with Gasteiger partial charge in [-0.15, -0.1) is 0 Å². The zero-order valence-electron chi connectivity index (χ0n) is 14.7. The molecular formula is C20H27N3O. The molecule has 1 atom stereocenters. The molecule has 0 saturated carbocycles. The number of nitrogens with one attached hydrogen (secondary N) is 2. The number of hydrogen-bond donors (Lipinski definition) is 3. The number of anilines is 2. The number of aryl methyl sites for hydroxylation is 1. The highest BCUT2D eigenvalue weighted by atomic mass is 16.1. The standard InChI is InChI=1S/C20H27N3O/c1-14(2)22-20(24)17-11-12-19(18(21)13-17)23-15(3)9-10-16-7-5-4-6-8-16/h4-8,11-15,23H,9-10,21H2,1-3H3,(H,22,24)/t15-/m1/s1. The van der Waals surface area contributed by atoms with Crippen LogP contribution in [0.15, 0.2) is 48.5 Å². The van der Waals surface area contributed by atoms with Gasteiger partial charge in [0.15, 0.2) is 0 Å². The number of carbonyl (C=O) groups is 1. The van der Waals surface area contributed by atoms with Crippen molar-refractivity contribution in [3.05, 3.63) is 59.7 Å². The summed E-state index contributed by atoms with van der Waals surface area (Å²) in [5.41, 5.74) is 9.49. The van der Waals surface area contributed by atoms with Crippen LogP contribution in [0.5, 0.6) is 0 Å². The lowest BCUT2D eigenvalue weighted by Crippen LogP contribution is -2.30. The molecule has 0 bridgehead atoms. The van der Waals surface area contributed by atoms with E-state index in [-0.39, 0.29) is 11.9 Å². The first-order chi connectivity index (χ1) is 11.5. The van der Waals surface area contributed by atoms with Crippen molar-refractivity contribution >= 4 is 17.3 Å². The molecule has 24 heavy (non-hydrogen) atoms. The van der Waals surface area contributed by atoms with Gasteiger partial charge in [0.25, 0.3) is 5.91 Å². The van der Waals surface area contributed by atoms with Crippen LogP contribution in [0.1, 0.15) is 43.1 Å². The lowest BCUT2D eigenvalue weighted by molar-refractivity contribution is 0.0943. The Morgan fingerprint density at radius 3 is 2.42 bits per heavy atom. The molecule has 128 valence electrons. The predicted octanol–water partition coefficient (Wildman–Crippen LogP) is 3.84. The van der Waals surface area contributed by atoms with E-state index in [9.17, 15) is 4.79 Å². The van der Waals surface area contributed by atoms with Crippen LogP contribution in [-0.4, -0.2) is 18.0 Å². The Hall–Kier alpha value is -2.49. The van der Waals surface area contributed by atoms with Crippen LogP contribution in [0.25, 0.3) is 0 Å². The molecule has 4 N–H and O–H groups in total. The van der Waals surface area contributed by atoms with E-state index in [1.54, 1.807) is 12.1 Å². The van der Waals surface area contributed by atoms with Crippen LogP contribution >= 0.6 is 0 Å². The molecular weight excluding hydrogens is 298 g/mol. The molecule has 0 aromatic heterocycles. The minimum atomic E-state index is -0.0969. The van der Waals surface area contributed by atoms with E-state index in [1.807, 2.05) is 26.0 Å². The van der Waals surface area contributed by atoms with Gasteiger partial charge in [0.2, 0.25) is 0 Å². The van der Waals surface area contributed by atoms with E-state index in [0.717, 1.165) is 18.5 Å². The van der Waals surface area contributed by atoms with Crippen LogP contribution in [-0.2, 0) is 6.42 Å². The zero-order chi connectivity index (χ0) is 17.5. The Morgan fingerprint density at radius 1 is 1.08 bits per heavy atom. The van der Waals surface area contributed by atoms with Crippen molar-refractivity contribution in [2.75, 3.05) is 11.1 Å². The van der Waals surface area contributed by atoms with Gasteiger partial charge < -0.3 is 16.4 Å². The summed E-state index contributed by atoms with van der Waals surface area (Å²) in [4.78, 5) is 12.0. The minimum absolute atomic E-state index is 0.0969. The molecule has 0 radical (unpaired) electrons. The van der Waals surface area contributed by atoms with Crippen molar-refractivity contribution in [1.82, 2.24) is 5.32 Å². The summed E-state index contributed by atoms with van der Waals surface area (Å²) in [7, 11) is 0. The molecule has 4 nitrogen and oxygen atoms in total. The van der Waals surface area contributed by atoms with Gasteiger partial charge in [-0.2, -0.15) is 0 Å². The number of hydrogen-bond acceptors (Lipinski definition) is 3. The lowest BCUT2D eigenvalue weighted by Gasteiger charge is -2.17. The molecule has 0 spiro atoms. The quantitative estimate of drug-likeness (QED) is 0.678. The van der Waals surface area contributed by atoms with E-state index in [2.05, 4.69) is 41.8 Å². The number of amides is 1. The van der Waals surface area contributed by atoms with Gasteiger partial charge in [-0.3, -0.25) is 4.79 Å². The van der Waals surface area contributed by atoms with Crippen molar-refractivity contribution in [3.63, 3.8) is 0 Å². The maximum Gasteiger partial charge on any atom is 0.251 e. The highest BCUT2D eigenvalue weighted by Crippen LogP contribution is 2.22. The van der Waals surface area contributed by atoms with E-state index in [1.165, 1.54) is 5.56 Å². The second-order valence-electron chi connectivity index (χ2n) is 6.50. The Morgan fingerprint density at radius 2 is 1.79 bits per heavy atom. The second kappa shape index (κ2) is 8.39. The van der Waals surface area contributed by atoms with Crippen LogP contribution < -0.4 is 16.4 Å². The second-order valence-corrected chi connectivity index (χ2v) is 6.50. The van der Waals surface area contributed by atoms with Gasteiger partial charge >= 0.3 is 0 Å². The van der Waals surface area contributed by atoms with E-state index >= 15 is 0 Å². The monoisotopic (exact) mass is 325 g/mol. The summed E-state index contributed by atoms with van der Waals surface area (Å²) in [5, 5.41) is 6.30. The third-order valence-electron chi connectivity index (χ3n) is 3.84. The SMILES string of the molecule is CC(C)NC(=O)c1ccc(N[C@H](C)CCc2ccccc2)c(N)c1. The molecule has 1 amide bonds. The Labute approximate surface area is 144 Å². The fraction of sp³-hybridized carbons (Fsp3) is 0.350. The fourth-order valence-electron chi connectivity index (χ4n) is 2.55. The van der Waals surface area contributed by atoms with Crippen LogP contribution in [0.4, 0.5) is 11.4 Å². The van der Waals surface area contributed by atoms with Crippen molar-refractivity contribution in [2.45, 2.75) is 45.7 Å². The Balaban J connectivity index is 1.93. The van der Waals surface area contributed by atoms with Gasteiger partial charge in [-0.05, 0) is 57.4 Å². The van der Waals surface area contributed by atoms with Gasteiger partial charge in [-0.25, -0.2) is 0 Å². The maximum atomic E-state index is 12.0. The van der Waals surface area contributed by atoms with Crippen molar-refractivity contribution in [3.8, 4) is 0 Å². The van der Waals surface area contributed by atoms with Crippen LogP contribution in [0.2, 0.25) is 0 Å².